The number of amides is 1. The zero-order valence-electron chi connectivity index (χ0n) is 23.7. The lowest BCUT2D eigenvalue weighted by Gasteiger charge is -2.24. The number of aromatic nitrogens is 1. The van der Waals surface area contributed by atoms with E-state index in [0.717, 1.165) is 30.6 Å². The molecule has 2 aromatic carbocycles. The Morgan fingerprint density at radius 1 is 1.10 bits per heavy atom. The number of aliphatic hydroxyl groups is 1. The minimum atomic E-state index is -1.04. The second kappa shape index (κ2) is 12.6. The molecule has 3 heterocycles. The monoisotopic (exact) mass is 592 g/mol. The number of rotatable bonds is 10. The van der Waals surface area contributed by atoms with Crippen molar-refractivity contribution in [3.05, 3.63) is 69.7 Å². The first-order valence-electron chi connectivity index (χ1n) is 13.9. The number of nitrogens with zero attached hydrogens (tertiary/aromatic N) is 2. The molecular weight excluding hydrogens is 560 g/mol. The number of Topliss-reactive ketones (excluding diaryl/α,β-unsaturated/α-hetero) is 1. The number of ether oxygens (including phenoxy) is 4. The van der Waals surface area contributed by atoms with Crippen LogP contribution in [-0.4, -0.2) is 54.2 Å². The van der Waals surface area contributed by atoms with Crippen molar-refractivity contribution in [2.24, 2.45) is 0 Å². The SMILES string of the molecule is CCCCCOc1cccc([C@@H]2/C(=C(\O)c3ccc4c(c3)OCCO4)C(=O)C(=O)N2c2nc(C)c(C(=O)OCC)s2)c1. The van der Waals surface area contributed by atoms with Crippen LogP contribution in [-0.2, 0) is 14.3 Å². The van der Waals surface area contributed by atoms with Crippen molar-refractivity contribution in [3.63, 3.8) is 0 Å². The summed E-state index contributed by atoms with van der Waals surface area (Å²) in [6, 6.07) is 10.9. The van der Waals surface area contributed by atoms with Crippen LogP contribution in [0, 0.1) is 6.92 Å². The Balaban J connectivity index is 1.62. The van der Waals surface area contributed by atoms with E-state index in [1.807, 2.05) is 0 Å². The first kappa shape index (κ1) is 29.1. The number of anilines is 1. The quantitative estimate of drug-likeness (QED) is 0.105. The average molecular weight is 593 g/mol. The fourth-order valence-corrected chi connectivity index (χ4v) is 5.87. The summed E-state index contributed by atoms with van der Waals surface area (Å²) in [5.41, 5.74) is 1.07. The Bertz CT molecular complexity index is 1550. The third kappa shape index (κ3) is 5.69. The molecule has 5 rings (SSSR count). The number of hydrogen-bond donors (Lipinski definition) is 1. The van der Waals surface area contributed by atoms with E-state index >= 15 is 0 Å². The van der Waals surface area contributed by atoms with Gasteiger partial charge in [-0.2, -0.15) is 0 Å². The van der Waals surface area contributed by atoms with Gasteiger partial charge in [0.15, 0.2) is 16.6 Å². The topological polar surface area (TPSA) is 124 Å². The highest BCUT2D eigenvalue weighted by Gasteiger charge is 2.48. The van der Waals surface area contributed by atoms with Crippen LogP contribution in [0.15, 0.2) is 48.0 Å². The van der Waals surface area contributed by atoms with Crippen LogP contribution in [0.5, 0.6) is 17.2 Å². The molecule has 0 unspecified atom stereocenters. The standard InChI is InChI=1S/C31H32N2O8S/c1-4-6-7-13-39-21-10-8-9-19(16-21)25-24(26(34)20-11-12-22-23(17-20)41-15-14-40-22)27(35)29(36)33(25)31-32-18(3)28(42-31)30(37)38-5-2/h8-12,16-17,25,34H,4-7,13-15H2,1-3H3/b26-24+/t25-/m1/s1. The van der Waals surface area contributed by atoms with Gasteiger partial charge in [0, 0.05) is 5.56 Å². The molecule has 11 heteroatoms. The molecule has 10 nitrogen and oxygen atoms in total. The lowest BCUT2D eigenvalue weighted by molar-refractivity contribution is -0.132. The van der Waals surface area contributed by atoms with Gasteiger partial charge in [0.2, 0.25) is 0 Å². The number of thiazole rings is 1. The van der Waals surface area contributed by atoms with Crippen molar-refractivity contribution < 1.29 is 38.4 Å². The number of carbonyl (C=O) groups is 3. The summed E-state index contributed by atoms with van der Waals surface area (Å²) in [4.78, 5) is 45.7. The van der Waals surface area contributed by atoms with Gasteiger partial charge in [-0.15, -0.1) is 0 Å². The fourth-order valence-electron chi connectivity index (χ4n) is 4.88. The minimum Gasteiger partial charge on any atom is -0.507 e. The zero-order chi connectivity index (χ0) is 29.8. The number of aliphatic hydroxyl groups excluding tert-OH is 1. The second-order valence-electron chi connectivity index (χ2n) is 9.79. The van der Waals surface area contributed by atoms with Gasteiger partial charge in [-0.1, -0.05) is 43.2 Å². The number of esters is 1. The van der Waals surface area contributed by atoms with E-state index in [1.54, 1.807) is 56.3 Å². The Hall–Kier alpha value is -4.38. The lowest BCUT2D eigenvalue weighted by atomic mass is 9.95. The molecule has 1 N–H and O–H groups in total. The molecule has 2 aliphatic rings. The highest BCUT2D eigenvalue weighted by atomic mass is 32.1. The summed E-state index contributed by atoms with van der Waals surface area (Å²) in [7, 11) is 0. The average Bonchev–Trinajstić information content (AvgIpc) is 3.51. The highest BCUT2D eigenvalue weighted by molar-refractivity contribution is 7.17. The van der Waals surface area contributed by atoms with Crippen LogP contribution in [0.4, 0.5) is 5.13 Å². The number of fused-ring (bicyclic) bond motifs is 1. The smallest absolute Gasteiger partial charge is 0.350 e. The third-order valence-corrected chi connectivity index (χ3v) is 8.04. The van der Waals surface area contributed by atoms with Crippen molar-refractivity contribution >= 4 is 39.9 Å². The van der Waals surface area contributed by atoms with Gasteiger partial charge in [0.05, 0.1) is 30.5 Å². The Kier molecular flexibility index (Phi) is 8.77. The zero-order valence-corrected chi connectivity index (χ0v) is 24.5. The summed E-state index contributed by atoms with van der Waals surface area (Å²) in [5.74, 6) is -1.18. The minimum absolute atomic E-state index is 0.120. The highest BCUT2D eigenvalue weighted by Crippen LogP contribution is 2.45. The molecule has 0 saturated carbocycles. The van der Waals surface area contributed by atoms with Gasteiger partial charge in [-0.05, 0) is 56.2 Å². The summed E-state index contributed by atoms with van der Waals surface area (Å²) < 4.78 is 22.4. The van der Waals surface area contributed by atoms with Crippen molar-refractivity contribution in [2.75, 3.05) is 31.3 Å². The Morgan fingerprint density at radius 3 is 2.64 bits per heavy atom. The predicted molar refractivity (Wildman–Crippen MR) is 156 cm³/mol. The van der Waals surface area contributed by atoms with E-state index in [-0.39, 0.29) is 33.5 Å². The first-order valence-corrected chi connectivity index (χ1v) is 14.7. The summed E-state index contributed by atoms with van der Waals surface area (Å²) in [5, 5.41) is 11.7. The molecule has 1 atom stereocenters. The first-order chi connectivity index (χ1) is 20.3. The molecule has 1 saturated heterocycles. The number of ketones is 1. The maximum absolute atomic E-state index is 13.6. The van der Waals surface area contributed by atoms with Crippen LogP contribution in [0.25, 0.3) is 5.76 Å². The number of carbonyl (C=O) groups excluding carboxylic acids is 3. The predicted octanol–water partition coefficient (Wildman–Crippen LogP) is 5.59. The summed E-state index contributed by atoms with van der Waals surface area (Å²) in [6.45, 7) is 6.89. The molecule has 1 amide bonds. The van der Waals surface area contributed by atoms with E-state index in [9.17, 15) is 19.5 Å². The molecule has 42 heavy (non-hydrogen) atoms. The Morgan fingerprint density at radius 2 is 1.88 bits per heavy atom. The molecule has 0 spiro atoms. The number of benzene rings is 2. The molecule has 0 aliphatic carbocycles. The molecule has 0 radical (unpaired) electrons. The van der Waals surface area contributed by atoms with Crippen LogP contribution < -0.4 is 19.1 Å². The van der Waals surface area contributed by atoms with Gasteiger partial charge >= 0.3 is 11.9 Å². The normalized spacial score (nSPS) is 17.4. The van der Waals surface area contributed by atoms with Crippen LogP contribution in [0.2, 0.25) is 0 Å². The summed E-state index contributed by atoms with van der Waals surface area (Å²) >= 11 is 0.956. The molecular formula is C31H32N2O8S. The number of unbranched alkanes of at least 4 members (excludes halogenated alkanes) is 2. The van der Waals surface area contributed by atoms with Crippen molar-refractivity contribution in [2.45, 2.75) is 46.1 Å². The summed E-state index contributed by atoms with van der Waals surface area (Å²) in [6.07, 6.45) is 2.97. The van der Waals surface area contributed by atoms with E-state index in [2.05, 4.69) is 11.9 Å². The lowest BCUT2D eigenvalue weighted by Crippen LogP contribution is -2.29. The molecule has 0 bridgehead atoms. The van der Waals surface area contributed by atoms with Gasteiger partial charge < -0.3 is 24.1 Å². The van der Waals surface area contributed by atoms with Crippen LogP contribution in [0.1, 0.15) is 65.6 Å². The van der Waals surface area contributed by atoms with Crippen LogP contribution >= 0.6 is 11.3 Å². The van der Waals surface area contributed by atoms with E-state index in [4.69, 9.17) is 18.9 Å². The van der Waals surface area contributed by atoms with Crippen molar-refractivity contribution in [1.82, 2.24) is 4.98 Å². The van der Waals surface area contributed by atoms with E-state index in [0.29, 0.717) is 48.3 Å². The van der Waals surface area contributed by atoms with Crippen molar-refractivity contribution in [3.8, 4) is 17.2 Å². The van der Waals surface area contributed by atoms with Gasteiger partial charge in [0.25, 0.3) is 5.78 Å². The molecule has 3 aromatic rings. The molecule has 2 aliphatic heterocycles. The number of hydrogen-bond acceptors (Lipinski definition) is 10. The third-order valence-electron chi connectivity index (χ3n) is 6.90. The largest absolute Gasteiger partial charge is 0.507 e. The molecule has 220 valence electrons. The number of aryl methyl sites for hydroxylation is 1. The second-order valence-corrected chi connectivity index (χ2v) is 10.8. The van der Waals surface area contributed by atoms with E-state index in [1.165, 1.54) is 4.90 Å². The van der Waals surface area contributed by atoms with Crippen LogP contribution in [0.3, 0.4) is 0 Å². The van der Waals surface area contributed by atoms with Gasteiger partial charge in [-0.25, -0.2) is 9.78 Å². The maximum Gasteiger partial charge on any atom is 0.350 e. The van der Waals surface area contributed by atoms with Gasteiger partial charge in [-0.3, -0.25) is 14.5 Å². The van der Waals surface area contributed by atoms with Gasteiger partial charge in [0.1, 0.15) is 29.6 Å². The van der Waals surface area contributed by atoms with Crippen molar-refractivity contribution in [1.29, 1.82) is 0 Å². The molecule has 1 aromatic heterocycles. The maximum atomic E-state index is 13.6. The fraction of sp³-hybridized carbons (Fsp3) is 0.355. The molecule has 1 fully saturated rings. The Labute approximate surface area is 247 Å². The van der Waals surface area contributed by atoms with E-state index < -0.39 is 23.7 Å².